The number of halogens is 9. The number of nitrogens with zero attached hydrogens (tertiary/aromatic N) is 3. The second-order valence-electron chi connectivity index (χ2n) is 8.84. The van der Waals surface area contributed by atoms with Gasteiger partial charge in [0.25, 0.3) is 23.2 Å². The summed E-state index contributed by atoms with van der Waals surface area (Å²) in [5.74, 6) is -5.09. The smallest absolute Gasteiger partial charge is 0.295 e. The average molecular weight is 689 g/mol. The largest absolute Gasteiger partial charge is 0.392 e. The predicted octanol–water partition coefficient (Wildman–Crippen LogP) is 7.86. The highest BCUT2D eigenvalue weighted by Gasteiger charge is 2.36. The van der Waals surface area contributed by atoms with Crippen molar-refractivity contribution in [2.24, 2.45) is 0 Å². The average Bonchev–Trinajstić information content (AvgIpc) is 2.88. The van der Waals surface area contributed by atoms with Crippen LogP contribution in [0.4, 0.5) is 46.0 Å². The lowest BCUT2D eigenvalue weighted by Crippen LogP contribution is -2.39. The third-order valence-corrected chi connectivity index (χ3v) is 7.88. The van der Waals surface area contributed by atoms with Gasteiger partial charge in [-0.2, -0.15) is 0 Å². The lowest BCUT2D eigenvalue weighted by molar-refractivity contribution is -0.384. The number of nitrogen functional groups attached to an aromatic ring is 2. The van der Waals surface area contributed by atoms with Crippen LogP contribution in [0.2, 0.25) is 25.1 Å². The van der Waals surface area contributed by atoms with Gasteiger partial charge < -0.3 is 21.7 Å². The SMILES string of the molecule is FC1(F)CCNCC1.Nc1c([N+](=O)[O-])cc(Cl)c(Cl)c1Cl.Nc1c([N+](=O)[O-])cc(Cl)c(N2CCC(F)(F)CC2)c1Cl. The summed E-state index contributed by atoms with van der Waals surface area (Å²) < 4.78 is 50.6. The normalized spacial score (nSPS) is 17.4. The molecule has 0 aromatic heterocycles. The van der Waals surface area contributed by atoms with Gasteiger partial charge in [-0.25, -0.2) is 17.6 Å². The van der Waals surface area contributed by atoms with E-state index in [1.807, 2.05) is 0 Å². The number of nitro benzene ring substituents is 2. The van der Waals surface area contributed by atoms with E-state index < -0.39 is 27.4 Å². The van der Waals surface area contributed by atoms with Crippen LogP contribution in [0.15, 0.2) is 12.1 Å². The molecule has 5 N–H and O–H groups in total. The van der Waals surface area contributed by atoms with Gasteiger partial charge in [0, 0.05) is 64.0 Å². The number of nitrogens with two attached hydrogens (primary N) is 2. The van der Waals surface area contributed by atoms with Gasteiger partial charge >= 0.3 is 0 Å². The summed E-state index contributed by atoms with van der Waals surface area (Å²) in [5, 5.41) is 23.9. The van der Waals surface area contributed by atoms with E-state index in [0.717, 1.165) is 12.1 Å². The molecule has 4 rings (SSSR count). The number of alkyl halides is 4. The summed E-state index contributed by atoms with van der Waals surface area (Å²) in [6.07, 6.45) is -0.632. The Bertz CT molecular complexity index is 1290. The Labute approximate surface area is 256 Å². The lowest BCUT2D eigenvalue weighted by Gasteiger charge is -2.34. The lowest BCUT2D eigenvalue weighted by atomic mass is 10.1. The van der Waals surface area contributed by atoms with Crippen LogP contribution in [0, 0.1) is 20.2 Å². The summed E-state index contributed by atoms with van der Waals surface area (Å²) in [7, 11) is 0. The molecule has 0 aliphatic carbocycles. The van der Waals surface area contributed by atoms with E-state index in [9.17, 15) is 37.8 Å². The molecule has 0 spiro atoms. The monoisotopic (exact) mass is 686 g/mol. The van der Waals surface area contributed by atoms with Crippen LogP contribution >= 0.6 is 58.0 Å². The van der Waals surface area contributed by atoms with Crippen LogP contribution in [0.1, 0.15) is 25.7 Å². The van der Waals surface area contributed by atoms with E-state index in [1.165, 1.54) is 0 Å². The Morgan fingerprint density at radius 2 is 1.15 bits per heavy atom. The van der Waals surface area contributed by atoms with E-state index in [2.05, 4.69) is 5.32 Å². The highest BCUT2D eigenvalue weighted by molar-refractivity contribution is 6.49. The number of hydrogen-bond acceptors (Lipinski definition) is 8. The molecule has 41 heavy (non-hydrogen) atoms. The van der Waals surface area contributed by atoms with E-state index in [1.54, 1.807) is 4.90 Å². The molecule has 0 amide bonds. The summed E-state index contributed by atoms with van der Waals surface area (Å²) in [4.78, 5) is 21.4. The number of rotatable bonds is 3. The van der Waals surface area contributed by atoms with Crippen molar-refractivity contribution in [3.63, 3.8) is 0 Å². The van der Waals surface area contributed by atoms with Crippen molar-refractivity contribution in [1.82, 2.24) is 5.32 Å². The maximum absolute atomic E-state index is 13.1. The Kier molecular flexibility index (Phi) is 12.2. The summed E-state index contributed by atoms with van der Waals surface area (Å²) in [5.41, 5.74) is 10.1. The van der Waals surface area contributed by atoms with Crippen molar-refractivity contribution in [3.05, 3.63) is 57.5 Å². The van der Waals surface area contributed by atoms with E-state index in [0.29, 0.717) is 13.1 Å². The highest BCUT2D eigenvalue weighted by Crippen LogP contribution is 2.45. The minimum absolute atomic E-state index is 0.00694. The minimum atomic E-state index is -2.71. The summed E-state index contributed by atoms with van der Waals surface area (Å²) >= 11 is 28.7. The number of anilines is 3. The first-order valence-electron chi connectivity index (χ1n) is 11.6. The van der Waals surface area contributed by atoms with Crippen LogP contribution in [0.3, 0.4) is 0 Å². The number of benzene rings is 2. The quantitative estimate of drug-likeness (QED) is 0.0969. The van der Waals surface area contributed by atoms with E-state index in [-0.39, 0.29) is 86.6 Å². The Balaban J connectivity index is 0.000000239. The molecule has 0 unspecified atom stereocenters. The van der Waals surface area contributed by atoms with E-state index >= 15 is 0 Å². The van der Waals surface area contributed by atoms with Gasteiger partial charge in [0.1, 0.15) is 11.4 Å². The molecular weight excluding hydrogens is 666 g/mol. The molecule has 2 aromatic rings. The Morgan fingerprint density at radius 3 is 1.56 bits per heavy atom. The van der Waals surface area contributed by atoms with Crippen LogP contribution < -0.4 is 21.7 Å². The van der Waals surface area contributed by atoms with Crippen LogP contribution in [0.25, 0.3) is 0 Å². The van der Waals surface area contributed by atoms with Gasteiger partial charge in [-0.1, -0.05) is 58.0 Å². The molecule has 228 valence electrons. The van der Waals surface area contributed by atoms with E-state index in [4.69, 9.17) is 69.5 Å². The molecule has 2 saturated heterocycles. The van der Waals surface area contributed by atoms with Gasteiger partial charge in [-0.05, 0) is 0 Å². The molecule has 0 atom stereocenters. The van der Waals surface area contributed by atoms with Crippen molar-refractivity contribution >= 4 is 86.4 Å². The van der Waals surface area contributed by atoms with Crippen molar-refractivity contribution in [3.8, 4) is 0 Å². The number of hydrogen-bond donors (Lipinski definition) is 3. The fraction of sp³-hybridized carbons (Fsp3) is 0.455. The molecule has 0 radical (unpaired) electrons. The maximum atomic E-state index is 13.1. The van der Waals surface area contributed by atoms with Crippen molar-refractivity contribution in [1.29, 1.82) is 0 Å². The second kappa shape index (κ2) is 14.3. The van der Waals surface area contributed by atoms with Crippen molar-refractivity contribution in [2.75, 3.05) is 42.5 Å². The topological polar surface area (TPSA) is 154 Å². The molecule has 2 heterocycles. The molecule has 0 saturated carbocycles. The fourth-order valence-corrected chi connectivity index (χ4v) is 4.93. The highest BCUT2D eigenvalue weighted by atomic mass is 35.5. The molecule has 0 bridgehead atoms. The fourth-order valence-electron chi connectivity index (χ4n) is 3.65. The van der Waals surface area contributed by atoms with Crippen molar-refractivity contribution < 1.29 is 27.4 Å². The molecule has 2 fully saturated rings. The van der Waals surface area contributed by atoms with Crippen LogP contribution in [0.5, 0.6) is 0 Å². The zero-order valence-corrected chi connectivity index (χ0v) is 24.6. The summed E-state index contributed by atoms with van der Waals surface area (Å²) in [6.45, 7) is 1.05. The number of piperidine rings is 2. The van der Waals surface area contributed by atoms with Gasteiger partial charge in [-0.15, -0.1) is 0 Å². The first-order valence-corrected chi connectivity index (χ1v) is 13.5. The molecular formula is C22H23Cl5F4N6O4. The van der Waals surface area contributed by atoms with Gasteiger partial charge in [0.15, 0.2) is 0 Å². The molecule has 2 aromatic carbocycles. The van der Waals surface area contributed by atoms with Gasteiger partial charge in [0.2, 0.25) is 0 Å². The number of nitrogens with one attached hydrogen (secondary N) is 1. The third-order valence-electron chi connectivity index (χ3n) is 5.93. The first-order chi connectivity index (χ1) is 18.9. The molecule has 10 nitrogen and oxygen atoms in total. The maximum Gasteiger partial charge on any atom is 0.295 e. The standard InChI is InChI=1S/C11H11Cl2F2N3O2.C6H3Cl3N2O2.C5H9F2N/c12-6-5-7(18(19)20)9(16)8(13)10(6)17-3-1-11(14,15)2-4-17;7-2-1-3(11(12)13)6(10)5(9)4(2)8;6-5(7)1-3-8-4-2-5/h5H,1-4,16H2;1H,10H2;8H,1-4H2. The van der Waals surface area contributed by atoms with Crippen molar-refractivity contribution in [2.45, 2.75) is 37.5 Å². The Morgan fingerprint density at radius 1 is 0.732 bits per heavy atom. The van der Waals surface area contributed by atoms with Gasteiger partial charge in [-0.3, -0.25) is 20.2 Å². The zero-order valence-electron chi connectivity index (χ0n) is 20.8. The third kappa shape index (κ3) is 9.38. The predicted molar refractivity (Wildman–Crippen MR) is 154 cm³/mol. The van der Waals surface area contributed by atoms with Gasteiger partial charge in [0.05, 0.1) is 40.6 Å². The Hall–Kier alpha value is -2.23. The zero-order chi connectivity index (χ0) is 31.3. The molecule has 19 heteroatoms. The van der Waals surface area contributed by atoms with Crippen LogP contribution in [-0.2, 0) is 0 Å². The summed E-state index contributed by atoms with van der Waals surface area (Å²) in [6, 6.07) is 2.15. The molecule has 2 aliphatic heterocycles. The van der Waals surface area contributed by atoms with Crippen LogP contribution in [-0.4, -0.2) is 47.9 Å². The molecule has 2 aliphatic rings. The first kappa shape index (κ1) is 35.0. The minimum Gasteiger partial charge on any atom is -0.392 e. The number of nitro groups is 2. The second-order valence-corrected chi connectivity index (χ2v) is 10.8.